The average molecular weight is 370 g/mol. The molecule has 1 aromatic carbocycles. The van der Waals surface area contributed by atoms with Crippen molar-refractivity contribution in [3.8, 4) is 5.75 Å². The summed E-state index contributed by atoms with van der Waals surface area (Å²) in [5.41, 5.74) is 2.25. The van der Waals surface area contributed by atoms with Crippen molar-refractivity contribution in [1.82, 2.24) is 9.78 Å². The predicted octanol–water partition coefficient (Wildman–Crippen LogP) is 3.73. The molecule has 7 nitrogen and oxygen atoms in total. The number of carbonyl (C=O) groups excluding carboxylic acids is 2. The molecule has 0 aliphatic carbocycles. The van der Waals surface area contributed by atoms with Gasteiger partial charge in [0.05, 0.1) is 11.2 Å². The van der Waals surface area contributed by atoms with Gasteiger partial charge in [-0.2, -0.15) is 5.10 Å². The topological polar surface area (TPSA) is 85.2 Å². The number of hydrogen-bond donors (Lipinski definition) is 2. The number of amides is 2. The Morgan fingerprint density at radius 3 is 2.59 bits per heavy atom. The first-order valence-corrected chi connectivity index (χ1v) is 9.09. The van der Waals surface area contributed by atoms with Crippen molar-refractivity contribution in [3.63, 3.8) is 0 Å². The van der Waals surface area contributed by atoms with Gasteiger partial charge in [0, 0.05) is 11.4 Å². The molecule has 2 heterocycles. The smallest absolute Gasteiger partial charge is 0.276 e. The molecule has 0 bridgehead atoms. The quantitative estimate of drug-likeness (QED) is 0.862. The number of rotatable bonds is 3. The van der Waals surface area contributed by atoms with E-state index in [1.165, 1.54) is 0 Å². The highest BCUT2D eigenvalue weighted by atomic mass is 16.5. The van der Waals surface area contributed by atoms with Gasteiger partial charge in [0.1, 0.15) is 5.75 Å². The van der Waals surface area contributed by atoms with Crippen LogP contribution in [0.5, 0.6) is 5.75 Å². The van der Waals surface area contributed by atoms with Crippen molar-refractivity contribution in [3.05, 3.63) is 35.7 Å². The van der Waals surface area contributed by atoms with E-state index in [2.05, 4.69) is 50.4 Å². The lowest BCUT2D eigenvalue weighted by atomic mass is 10.1. The monoisotopic (exact) mass is 370 g/mol. The van der Waals surface area contributed by atoms with Gasteiger partial charge in [-0.05, 0) is 57.9 Å². The second-order valence-corrected chi connectivity index (χ2v) is 8.11. The Labute approximate surface area is 159 Å². The van der Waals surface area contributed by atoms with Gasteiger partial charge in [0.2, 0.25) is 0 Å². The van der Waals surface area contributed by atoms with Crippen LogP contribution in [0.15, 0.2) is 24.3 Å². The highest BCUT2D eigenvalue weighted by molar-refractivity contribution is 6.04. The minimum absolute atomic E-state index is 0.212. The molecule has 1 aromatic heterocycles. The van der Waals surface area contributed by atoms with Crippen LogP contribution in [0.25, 0.3) is 0 Å². The SMILES string of the molecule is CC1Oc2ccc(NC(=O)c3cc(C(C)C)n(C(C)(C)C)n3)cc2NC1=O. The highest BCUT2D eigenvalue weighted by Crippen LogP contribution is 2.32. The molecule has 1 aliphatic rings. The number of benzene rings is 1. The molecule has 2 N–H and O–H groups in total. The zero-order valence-corrected chi connectivity index (χ0v) is 16.6. The molecule has 2 amide bonds. The lowest BCUT2D eigenvalue weighted by Gasteiger charge is -2.24. The maximum absolute atomic E-state index is 12.7. The fourth-order valence-corrected chi connectivity index (χ4v) is 2.94. The summed E-state index contributed by atoms with van der Waals surface area (Å²) in [6.45, 7) is 12.0. The van der Waals surface area contributed by atoms with Crippen LogP contribution in [0.2, 0.25) is 0 Å². The van der Waals surface area contributed by atoms with E-state index in [4.69, 9.17) is 4.74 Å². The number of carbonyl (C=O) groups is 2. The predicted molar refractivity (Wildman–Crippen MR) is 104 cm³/mol. The minimum atomic E-state index is -0.534. The molecule has 0 spiro atoms. The molecule has 0 saturated carbocycles. The second kappa shape index (κ2) is 6.72. The number of ether oxygens (including phenoxy) is 1. The fraction of sp³-hybridized carbons (Fsp3) is 0.450. The molecule has 1 unspecified atom stereocenters. The van der Waals surface area contributed by atoms with E-state index >= 15 is 0 Å². The van der Waals surface area contributed by atoms with Crippen molar-refractivity contribution < 1.29 is 14.3 Å². The number of hydrogen-bond acceptors (Lipinski definition) is 4. The van der Waals surface area contributed by atoms with Crippen LogP contribution in [-0.4, -0.2) is 27.7 Å². The van der Waals surface area contributed by atoms with Crippen molar-refractivity contribution >= 4 is 23.2 Å². The lowest BCUT2D eigenvalue weighted by Crippen LogP contribution is -2.34. The van der Waals surface area contributed by atoms with Crippen LogP contribution in [0, 0.1) is 0 Å². The third-order valence-electron chi connectivity index (χ3n) is 4.36. The number of nitrogens with one attached hydrogen (secondary N) is 2. The van der Waals surface area contributed by atoms with Crippen LogP contribution in [0.4, 0.5) is 11.4 Å². The molecule has 0 fully saturated rings. The first-order chi connectivity index (χ1) is 12.6. The summed E-state index contributed by atoms with van der Waals surface area (Å²) in [4.78, 5) is 24.5. The van der Waals surface area contributed by atoms with Gasteiger partial charge >= 0.3 is 0 Å². The van der Waals surface area contributed by atoms with Gasteiger partial charge in [0.25, 0.3) is 11.8 Å². The molecule has 7 heteroatoms. The van der Waals surface area contributed by atoms with Crippen molar-refractivity contribution in [2.75, 3.05) is 10.6 Å². The van der Waals surface area contributed by atoms with Gasteiger partial charge < -0.3 is 15.4 Å². The summed E-state index contributed by atoms with van der Waals surface area (Å²) in [7, 11) is 0. The van der Waals surface area contributed by atoms with E-state index < -0.39 is 6.10 Å². The van der Waals surface area contributed by atoms with Crippen molar-refractivity contribution in [1.29, 1.82) is 0 Å². The van der Waals surface area contributed by atoms with E-state index in [1.807, 2.05) is 10.7 Å². The summed E-state index contributed by atoms with van der Waals surface area (Å²) >= 11 is 0. The molecule has 3 rings (SSSR count). The Bertz CT molecular complexity index is 893. The summed E-state index contributed by atoms with van der Waals surface area (Å²) in [6.07, 6.45) is -0.534. The van der Waals surface area contributed by atoms with Crippen LogP contribution in [0.1, 0.15) is 63.6 Å². The lowest BCUT2D eigenvalue weighted by molar-refractivity contribution is -0.122. The van der Waals surface area contributed by atoms with E-state index in [0.717, 1.165) is 5.69 Å². The maximum Gasteiger partial charge on any atom is 0.276 e. The second-order valence-electron chi connectivity index (χ2n) is 8.11. The third kappa shape index (κ3) is 3.82. The number of aromatic nitrogens is 2. The Morgan fingerprint density at radius 1 is 1.30 bits per heavy atom. The van der Waals surface area contributed by atoms with Crippen LogP contribution in [-0.2, 0) is 10.3 Å². The van der Waals surface area contributed by atoms with E-state index in [-0.39, 0.29) is 23.3 Å². The molecule has 144 valence electrons. The molecule has 27 heavy (non-hydrogen) atoms. The van der Waals surface area contributed by atoms with Crippen LogP contribution in [0.3, 0.4) is 0 Å². The fourth-order valence-electron chi connectivity index (χ4n) is 2.94. The molecule has 0 radical (unpaired) electrons. The molecule has 1 aliphatic heterocycles. The number of anilines is 2. The van der Waals surface area contributed by atoms with Crippen LogP contribution < -0.4 is 15.4 Å². The zero-order chi connectivity index (χ0) is 19.9. The molecular weight excluding hydrogens is 344 g/mol. The first-order valence-electron chi connectivity index (χ1n) is 9.09. The van der Waals surface area contributed by atoms with Gasteiger partial charge in [0.15, 0.2) is 11.8 Å². The molecule has 1 atom stereocenters. The Balaban J connectivity index is 1.84. The molecule has 2 aromatic rings. The maximum atomic E-state index is 12.7. The van der Waals surface area contributed by atoms with Crippen LogP contribution >= 0.6 is 0 Å². The van der Waals surface area contributed by atoms with E-state index in [1.54, 1.807) is 25.1 Å². The zero-order valence-electron chi connectivity index (χ0n) is 16.6. The molecular formula is C20H26N4O3. The molecule has 0 saturated heterocycles. The Kier molecular flexibility index (Phi) is 4.71. The number of fused-ring (bicyclic) bond motifs is 1. The number of nitrogens with zero attached hydrogens (tertiary/aromatic N) is 2. The van der Waals surface area contributed by atoms with Gasteiger partial charge in [-0.1, -0.05) is 13.8 Å². The Morgan fingerprint density at radius 2 is 2.00 bits per heavy atom. The summed E-state index contributed by atoms with van der Waals surface area (Å²) < 4.78 is 7.43. The minimum Gasteiger partial charge on any atom is -0.479 e. The van der Waals surface area contributed by atoms with Crippen molar-refractivity contribution in [2.24, 2.45) is 0 Å². The first kappa shape index (κ1) is 18.9. The van der Waals surface area contributed by atoms with E-state index in [9.17, 15) is 9.59 Å². The van der Waals surface area contributed by atoms with Gasteiger partial charge in [-0.3, -0.25) is 14.3 Å². The van der Waals surface area contributed by atoms with E-state index in [0.29, 0.717) is 22.8 Å². The summed E-state index contributed by atoms with van der Waals surface area (Å²) in [5, 5.41) is 10.1. The largest absolute Gasteiger partial charge is 0.479 e. The third-order valence-corrected chi connectivity index (χ3v) is 4.36. The van der Waals surface area contributed by atoms with Gasteiger partial charge in [-0.15, -0.1) is 0 Å². The summed E-state index contributed by atoms with van der Waals surface area (Å²) in [5.74, 6) is 0.323. The van der Waals surface area contributed by atoms with Gasteiger partial charge in [-0.25, -0.2) is 0 Å². The normalized spacial score (nSPS) is 16.6. The standard InChI is InChI=1S/C20H26N4O3/c1-11(2)16-10-15(23-24(16)20(4,5)6)19(26)21-13-7-8-17-14(9-13)22-18(25)12(3)27-17/h7-12H,1-6H3,(H,21,26)(H,22,25). The highest BCUT2D eigenvalue weighted by Gasteiger charge is 2.25. The van der Waals surface area contributed by atoms with Crippen molar-refractivity contribution in [2.45, 2.75) is 59.1 Å². The summed E-state index contributed by atoms with van der Waals surface area (Å²) in [6, 6.07) is 6.98. The average Bonchev–Trinajstić information content (AvgIpc) is 3.02. The Hall–Kier alpha value is -2.83.